The Morgan fingerprint density at radius 3 is 2.59 bits per heavy atom. The predicted molar refractivity (Wildman–Crippen MR) is 109 cm³/mol. The lowest BCUT2D eigenvalue weighted by molar-refractivity contribution is -0.384. The molecule has 0 aliphatic rings. The number of phenols is 1. The molecule has 0 saturated heterocycles. The van der Waals surface area contributed by atoms with Gasteiger partial charge < -0.3 is 5.11 Å². The summed E-state index contributed by atoms with van der Waals surface area (Å²) in [7, 11) is 0. The Kier molecular flexibility index (Phi) is 4.59. The summed E-state index contributed by atoms with van der Waals surface area (Å²) in [6.07, 6.45) is 1.42. The van der Waals surface area contributed by atoms with E-state index in [4.69, 9.17) is 0 Å². The molecule has 9 heteroatoms. The first-order valence-electron chi connectivity index (χ1n) is 8.48. The van der Waals surface area contributed by atoms with Gasteiger partial charge in [0.1, 0.15) is 5.75 Å². The Balaban J connectivity index is 1.78. The molecule has 2 heterocycles. The van der Waals surface area contributed by atoms with Gasteiger partial charge in [-0.2, -0.15) is 5.10 Å². The normalized spacial score (nSPS) is 11.0. The highest BCUT2D eigenvalue weighted by atomic mass is 79.9. The van der Waals surface area contributed by atoms with Crippen molar-refractivity contribution in [2.45, 2.75) is 6.92 Å². The van der Waals surface area contributed by atoms with Gasteiger partial charge in [-0.05, 0) is 43.3 Å². The number of nitro benzene ring substituents is 1. The summed E-state index contributed by atoms with van der Waals surface area (Å²) in [6, 6.07) is 12.3. The van der Waals surface area contributed by atoms with Gasteiger partial charge in [-0.15, -0.1) is 0 Å². The first kappa shape index (κ1) is 18.8. The number of fused-ring (bicyclic) bond motifs is 1. The number of rotatable bonds is 4. The third-order valence-electron chi connectivity index (χ3n) is 4.48. The molecule has 0 unspecified atom stereocenters. The summed E-state index contributed by atoms with van der Waals surface area (Å²) in [6.45, 7) is 1.79. The third kappa shape index (κ3) is 3.36. The minimum absolute atomic E-state index is 0.0170. The van der Waals surface area contributed by atoms with Crippen LogP contribution in [-0.4, -0.2) is 30.6 Å². The summed E-state index contributed by atoms with van der Waals surface area (Å²) in [5.74, 6) is -0.475. The predicted octanol–water partition coefficient (Wildman–Crippen LogP) is 4.34. The van der Waals surface area contributed by atoms with Crippen LogP contribution in [0.25, 0.3) is 16.7 Å². The van der Waals surface area contributed by atoms with E-state index in [-0.39, 0.29) is 22.8 Å². The minimum Gasteiger partial charge on any atom is -0.507 e. The summed E-state index contributed by atoms with van der Waals surface area (Å²) in [5.41, 5.74) is 2.25. The standard InChI is InChI=1S/C20H13BrN4O4/c1-11-16-8-12(19(27)17-9-13(21)2-7-18(17)26)10-22-20(16)24(23-11)14-3-5-15(6-4-14)25(28)29/h2-10,26H,1H3. The van der Waals surface area contributed by atoms with Crippen molar-refractivity contribution in [3.63, 3.8) is 0 Å². The number of hydrogen-bond donors (Lipinski definition) is 1. The van der Waals surface area contributed by atoms with Crippen LogP contribution in [0.3, 0.4) is 0 Å². The molecular formula is C20H13BrN4O4. The Labute approximate surface area is 172 Å². The lowest BCUT2D eigenvalue weighted by Crippen LogP contribution is -2.03. The van der Waals surface area contributed by atoms with Gasteiger partial charge in [0, 0.05) is 33.8 Å². The number of nitro groups is 1. The van der Waals surface area contributed by atoms with Gasteiger partial charge in [-0.1, -0.05) is 15.9 Å². The number of aryl methyl sites for hydroxylation is 1. The minimum atomic E-state index is -0.469. The maximum absolute atomic E-state index is 12.8. The van der Waals surface area contributed by atoms with Crippen LogP contribution in [0.4, 0.5) is 5.69 Å². The molecule has 0 amide bonds. The van der Waals surface area contributed by atoms with E-state index < -0.39 is 4.92 Å². The summed E-state index contributed by atoms with van der Waals surface area (Å²) in [5, 5.41) is 26.0. The molecule has 2 aromatic heterocycles. The lowest BCUT2D eigenvalue weighted by atomic mass is 10.0. The van der Waals surface area contributed by atoms with Gasteiger partial charge in [-0.25, -0.2) is 9.67 Å². The van der Waals surface area contributed by atoms with Crippen LogP contribution in [0, 0.1) is 17.0 Å². The number of nitrogens with zero attached hydrogens (tertiary/aromatic N) is 4. The fourth-order valence-corrected chi connectivity index (χ4v) is 3.37. The van der Waals surface area contributed by atoms with Gasteiger partial charge in [-0.3, -0.25) is 14.9 Å². The molecule has 4 aromatic rings. The van der Waals surface area contributed by atoms with E-state index in [1.807, 2.05) is 0 Å². The first-order chi connectivity index (χ1) is 13.8. The molecule has 0 bridgehead atoms. The SMILES string of the molecule is Cc1nn(-c2ccc([N+](=O)[O-])cc2)c2ncc(C(=O)c3cc(Br)ccc3O)cc12. The van der Waals surface area contributed by atoms with E-state index >= 15 is 0 Å². The number of carbonyl (C=O) groups excluding carboxylic acids is 1. The number of phenolic OH excluding ortho intramolecular Hbond substituents is 1. The molecule has 1 N–H and O–H groups in total. The molecule has 0 saturated carbocycles. The molecule has 4 rings (SSSR count). The Morgan fingerprint density at radius 2 is 1.90 bits per heavy atom. The van der Waals surface area contributed by atoms with E-state index in [0.29, 0.717) is 32.5 Å². The monoisotopic (exact) mass is 452 g/mol. The van der Waals surface area contributed by atoms with Crippen molar-refractivity contribution in [3.8, 4) is 11.4 Å². The van der Waals surface area contributed by atoms with Crippen molar-refractivity contribution in [1.82, 2.24) is 14.8 Å². The molecule has 8 nitrogen and oxygen atoms in total. The first-order valence-corrected chi connectivity index (χ1v) is 9.28. The fourth-order valence-electron chi connectivity index (χ4n) is 3.01. The van der Waals surface area contributed by atoms with Crippen molar-refractivity contribution in [3.05, 3.63) is 86.1 Å². The topological polar surface area (TPSA) is 111 Å². The number of aromatic nitrogens is 3. The average molecular weight is 453 g/mol. The number of hydrogen-bond acceptors (Lipinski definition) is 6. The van der Waals surface area contributed by atoms with Crippen LogP contribution >= 0.6 is 15.9 Å². The molecule has 29 heavy (non-hydrogen) atoms. The number of pyridine rings is 1. The van der Waals surface area contributed by atoms with E-state index in [9.17, 15) is 20.0 Å². The van der Waals surface area contributed by atoms with Crippen LogP contribution in [0.15, 0.2) is 59.2 Å². The molecule has 0 fully saturated rings. The fraction of sp³-hybridized carbons (Fsp3) is 0.0500. The van der Waals surface area contributed by atoms with Crippen LogP contribution in [0.1, 0.15) is 21.6 Å². The number of halogens is 1. The van der Waals surface area contributed by atoms with Crippen LogP contribution in [0.2, 0.25) is 0 Å². The zero-order valence-corrected chi connectivity index (χ0v) is 16.6. The molecule has 0 radical (unpaired) electrons. The maximum atomic E-state index is 12.8. The van der Waals surface area contributed by atoms with Gasteiger partial charge in [0.25, 0.3) is 5.69 Å². The number of ketones is 1. The summed E-state index contributed by atoms with van der Waals surface area (Å²) < 4.78 is 2.24. The summed E-state index contributed by atoms with van der Waals surface area (Å²) >= 11 is 3.30. The van der Waals surface area contributed by atoms with Crippen LogP contribution < -0.4 is 0 Å². The number of carbonyl (C=O) groups is 1. The van der Waals surface area contributed by atoms with Crippen molar-refractivity contribution in [1.29, 1.82) is 0 Å². The number of non-ortho nitro benzene ring substituents is 1. The second kappa shape index (κ2) is 7.10. The van der Waals surface area contributed by atoms with Crippen LogP contribution in [-0.2, 0) is 0 Å². The Morgan fingerprint density at radius 1 is 1.17 bits per heavy atom. The number of benzene rings is 2. The van der Waals surface area contributed by atoms with E-state index in [2.05, 4.69) is 26.0 Å². The lowest BCUT2D eigenvalue weighted by Gasteiger charge is -2.06. The second-order valence-corrected chi connectivity index (χ2v) is 7.27. The molecule has 0 aliphatic heterocycles. The van der Waals surface area contributed by atoms with E-state index in [0.717, 1.165) is 0 Å². The Hall–Kier alpha value is -3.59. The molecule has 0 spiro atoms. The van der Waals surface area contributed by atoms with Crippen molar-refractivity contribution < 1.29 is 14.8 Å². The zero-order chi connectivity index (χ0) is 20.7. The molecule has 0 aliphatic carbocycles. The zero-order valence-electron chi connectivity index (χ0n) is 15.0. The number of aromatic hydroxyl groups is 1. The van der Waals surface area contributed by atoms with Crippen molar-refractivity contribution in [2.75, 3.05) is 0 Å². The molecule has 2 aromatic carbocycles. The van der Waals surface area contributed by atoms with E-state index in [1.54, 1.807) is 41.9 Å². The summed E-state index contributed by atoms with van der Waals surface area (Å²) in [4.78, 5) is 27.6. The van der Waals surface area contributed by atoms with E-state index in [1.165, 1.54) is 24.4 Å². The third-order valence-corrected chi connectivity index (χ3v) is 4.97. The Bertz CT molecular complexity index is 1280. The largest absolute Gasteiger partial charge is 0.507 e. The maximum Gasteiger partial charge on any atom is 0.269 e. The smallest absolute Gasteiger partial charge is 0.269 e. The highest BCUT2D eigenvalue weighted by Crippen LogP contribution is 2.27. The second-order valence-electron chi connectivity index (χ2n) is 6.36. The van der Waals surface area contributed by atoms with Gasteiger partial charge in [0.15, 0.2) is 11.4 Å². The quantitative estimate of drug-likeness (QED) is 0.280. The van der Waals surface area contributed by atoms with Gasteiger partial charge in [0.2, 0.25) is 0 Å². The van der Waals surface area contributed by atoms with Crippen molar-refractivity contribution in [2.24, 2.45) is 0 Å². The molecule has 144 valence electrons. The molecular weight excluding hydrogens is 440 g/mol. The van der Waals surface area contributed by atoms with Gasteiger partial charge >= 0.3 is 0 Å². The van der Waals surface area contributed by atoms with Gasteiger partial charge in [0.05, 0.1) is 21.9 Å². The van der Waals surface area contributed by atoms with Crippen molar-refractivity contribution >= 4 is 38.4 Å². The van der Waals surface area contributed by atoms with Crippen LogP contribution in [0.5, 0.6) is 5.75 Å². The highest BCUT2D eigenvalue weighted by Gasteiger charge is 2.18. The average Bonchev–Trinajstić information content (AvgIpc) is 3.05. The molecule has 0 atom stereocenters. The highest BCUT2D eigenvalue weighted by molar-refractivity contribution is 9.10.